The number of carbonyl (C=O) groups excluding carboxylic acids is 1. The van der Waals surface area contributed by atoms with Crippen molar-refractivity contribution in [2.45, 2.75) is 13.3 Å². The number of anilines is 1. The number of hydrogen-bond acceptors (Lipinski definition) is 4. The molecule has 3 aromatic rings. The van der Waals surface area contributed by atoms with Gasteiger partial charge in [-0.2, -0.15) is 0 Å². The lowest BCUT2D eigenvalue weighted by Crippen LogP contribution is -2.10. The fourth-order valence-electron chi connectivity index (χ4n) is 1.89. The standard InChI is InChI=1S/C15H14N4OS/c1-2-12-4-5-13(21-12)15(20)18-11-3-6-14(17-9-11)19-8-7-16-10-19/h3-10H,2H2,1H3,(H,18,20). The van der Waals surface area contributed by atoms with Crippen LogP contribution >= 0.6 is 11.3 Å². The van der Waals surface area contributed by atoms with Crippen LogP contribution < -0.4 is 5.32 Å². The molecular formula is C15H14N4OS. The zero-order valence-corrected chi connectivity index (χ0v) is 12.3. The molecule has 0 atom stereocenters. The Morgan fingerprint density at radius 2 is 2.24 bits per heavy atom. The summed E-state index contributed by atoms with van der Waals surface area (Å²) < 4.78 is 1.80. The first-order valence-electron chi connectivity index (χ1n) is 6.60. The third-order valence-corrected chi connectivity index (χ3v) is 4.24. The molecule has 0 aliphatic heterocycles. The summed E-state index contributed by atoms with van der Waals surface area (Å²) in [4.78, 5) is 22.3. The maximum Gasteiger partial charge on any atom is 0.265 e. The van der Waals surface area contributed by atoms with Crippen LogP contribution in [0.2, 0.25) is 0 Å². The second kappa shape index (κ2) is 5.88. The summed E-state index contributed by atoms with van der Waals surface area (Å²) in [6, 6.07) is 7.50. The predicted octanol–water partition coefficient (Wildman–Crippen LogP) is 3.14. The fraction of sp³-hybridized carbons (Fsp3) is 0.133. The molecule has 0 aliphatic carbocycles. The lowest BCUT2D eigenvalue weighted by Gasteiger charge is -2.05. The highest BCUT2D eigenvalue weighted by Gasteiger charge is 2.09. The van der Waals surface area contributed by atoms with E-state index in [-0.39, 0.29) is 5.91 Å². The quantitative estimate of drug-likeness (QED) is 0.805. The number of nitrogens with one attached hydrogen (secondary N) is 1. The monoisotopic (exact) mass is 298 g/mol. The number of hydrogen-bond donors (Lipinski definition) is 1. The first-order valence-corrected chi connectivity index (χ1v) is 7.42. The van der Waals surface area contributed by atoms with Crippen LogP contribution in [0, 0.1) is 0 Å². The van der Waals surface area contributed by atoms with E-state index in [2.05, 4.69) is 22.2 Å². The Labute approximate surface area is 126 Å². The Balaban J connectivity index is 1.71. The molecule has 21 heavy (non-hydrogen) atoms. The van der Waals surface area contributed by atoms with E-state index in [0.29, 0.717) is 10.6 Å². The van der Waals surface area contributed by atoms with Gasteiger partial charge < -0.3 is 5.32 Å². The van der Waals surface area contributed by atoms with Crippen molar-refractivity contribution in [2.75, 3.05) is 5.32 Å². The van der Waals surface area contributed by atoms with Crippen molar-refractivity contribution in [3.8, 4) is 5.82 Å². The van der Waals surface area contributed by atoms with Crippen LogP contribution in [0.15, 0.2) is 49.2 Å². The Hall–Kier alpha value is -2.47. The third-order valence-electron chi connectivity index (χ3n) is 3.01. The molecule has 1 amide bonds. The smallest absolute Gasteiger partial charge is 0.265 e. The van der Waals surface area contributed by atoms with Crippen LogP contribution in [-0.2, 0) is 6.42 Å². The topological polar surface area (TPSA) is 59.8 Å². The number of rotatable bonds is 4. The number of nitrogens with zero attached hydrogens (tertiary/aromatic N) is 3. The Bertz CT molecular complexity index is 731. The molecular weight excluding hydrogens is 284 g/mol. The van der Waals surface area contributed by atoms with Crippen LogP contribution in [0.1, 0.15) is 21.5 Å². The van der Waals surface area contributed by atoms with Gasteiger partial charge in [-0.05, 0) is 30.7 Å². The first-order chi connectivity index (χ1) is 10.3. The molecule has 5 nitrogen and oxygen atoms in total. The molecule has 1 N–H and O–H groups in total. The van der Waals surface area contributed by atoms with Gasteiger partial charge in [-0.15, -0.1) is 11.3 Å². The van der Waals surface area contributed by atoms with E-state index in [0.717, 1.165) is 12.2 Å². The maximum absolute atomic E-state index is 12.1. The SMILES string of the molecule is CCc1ccc(C(=O)Nc2ccc(-n3ccnc3)nc2)s1. The number of aromatic nitrogens is 3. The number of aryl methyl sites for hydroxylation is 1. The molecule has 6 heteroatoms. The Kier molecular flexibility index (Phi) is 3.79. The summed E-state index contributed by atoms with van der Waals surface area (Å²) in [6.45, 7) is 2.08. The van der Waals surface area contributed by atoms with Crippen LogP contribution in [0.4, 0.5) is 5.69 Å². The first kappa shape index (κ1) is 13.5. The van der Waals surface area contributed by atoms with Crippen molar-refractivity contribution in [3.05, 3.63) is 58.9 Å². The van der Waals surface area contributed by atoms with Gasteiger partial charge in [-0.25, -0.2) is 9.97 Å². The predicted molar refractivity (Wildman–Crippen MR) is 83.0 cm³/mol. The number of thiophene rings is 1. The maximum atomic E-state index is 12.1. The Morgan fingerprint density at radius 1 is 1.33 bits per heavy atom. The van der Waals surface area contributed by atoms with Crippen molar-refractivity contribution in [3.63, 3.8) is 0 Å². The van der Waals surface area contributed by atoms with Gasteiger partial charge >= 0.3 is 0 Å². The lowest BCUT2D eigenvalue weighted by atomic mass is 10.3. The summed E-state index contributed by atoms with van der Waals surface area (Å²) in [6.07, 6.45) is 7.77. The molecule has 0 aromatic carbocycles. The third kappa shape index (κ3) is 3.00. The van der Waals surface area contributed by atoms with Crippen molar-refractivity contribution in [1.29, 1.82) is 0 Å². The van der Waals surface area contributed by atoms with Crippen LogP contribution in [0.5, 0.6) is 0 Å². The Morgan fingerprint density at radius 3 is 2.86 bits per heavy atom. The van der Waals surface area contributed by atoms with Crippen LogP contribution in [0.25, 0.3) is 5.82 Å². The van der Waals surface area contributed by atoms with Crippen molar-refractivity contribution >= 4 is 22.9 Å². The summed E-state index contributed by atoms with van der Waals surface area (Å²) >= 11 is 1.52. The second-order valence-electron chi connectivity index (χ2n) is 4.45. The number of pyridine rings is 1. The molecule has 0 bridgehead atoms. The normalized spacial score (nSPS) is 10.5. The van der Waals surface area contributed by atoms with E-state index < -0.39 is 0 Å². The molecule has 3 heterocycles. The largest absolute Gasteiger partial charge is 0.320 e. The summed E-state index contributed by atoms with van der Waals surface area (Å²) in [5, 5.41) is 2.85. The van der Waals surface area contributed by atoms with Crippen molar-refractivity contribution in [2.24, 2.45) is 0 Å². The minimum atomic E-state index is -0.100. The summed E-state index contributed by atoms with van der Waals surface area (Å²) in [5.74, 6) is 0.659. The van der Waals surface area contributed by atoms with E-state index >= 15 is 0 Å². The van der Waals surface area contributed by atoms with Gasteiger partial charge in [-0.1, -0.05) is 6.92 Å². The minimum Gasteiger partial charge on any atom is -0.320 e. The molecule has 0 radical (unpaired) electrons. The molecule has 106 valence electrons. The zero-order chi connectivity index (χ0) is 14.7. The number of carbonyl (C=O) groups is 1. The van der Waals surface area contributed by atoms with E-state index in [1.165, 1.54) is 16.2 Å². The van der Waals surface area contributed by atoms with Gasteiger partial charge in [0.15, 0.2) is 0 Å². The lowest BCUT2D eigenvalue weighted by molar-refractivity contribution is 0.103. The van der Waals surface area contributed by atoms with Gasteiger partial charge in [0.25, 0.3) is 5.91 Å². The second-order valence-corrected chi connectivity index (χ2v) is 5.62. The van der Waals surface area contributed by atoms with Gasteiger partial charge in [-0.3, -0.25) is 9.36 Å². The van der Waals surface area contributed by atoms with Crippen LogP contribution in [0.3, 0.4) is 0 Å². The van der Waals surface area contributed by atoms with Crippen molar-refractivity contribution in [1.82, 2.24) is 14.5 Å². The summed E-state index contributed by atoms with van der Waals surface area (Å²) in [7, 11) is 0. The molecule has 0 spiro atoms. The van der Waals surface area contributed by atoms with E-state index in [9.17, 15) is 4.79 Å². The van der Waals surface area contributed by atoms with E-state index in [1.54, 1.807) is 23.3 Å². The average molecular weight is 298 g/mol. The highest BCUT2D eigenvalue weighted by Crippen LogP contribution is 2.18. The molecule has 3 aromatic heterocycles. The number of imidazole rings is 1. The van der Waals surface area contributed by atoms with E-state index in [4.69, 9.17) is 0 Å². The summed E-state index contributed by atoms with van der Waals surface area (Å²) in [5.41, 5.74) is 0.676. The fourth-order valence-corrected chi connectivity index (χ4v) is 2.73. The highest BCUT2D eigenvalue weighted by molar-refractivity contribution is 7.14. The van der Waals surface area contributed by atoms with E-state index in [1.807, 2.05) is 30.5 Å². The molecule has 0 unspecified atom stereocenters. The van der Waals surface area contributed by atoms with Gasteiger partial charge in [0.1, 0.15) is 12.1 Å². The molecule has 0 saturated carbocycles. The highest BCUT2D eigenvalue weighted by atomic mass is 32.1. The zero-order valence-electron chi connectivity index (χ0n) is 11.5. The molecule has 0 saturated heterocycles. The minimum absolute atomic E-state index is 0.100. The van der Waals surface area contributed by atoms with Crippen molar-refractivity contribution < 1.29 is 4.79 Å². The van der Waals surface area contributed by atoms with Gasteiger partial charge in [0.05, 0.1) is 16.8 Å². The average Bonchev–Trinajstić information content (AvgIpc) is 3.19. The van der Waals surface area contributed by atoms with Crippen LogP contribution in [-0.4, -0.2) is 20.4 Å². The molecule has 3 rings (SSSR count). The van der Waals surface area contributed by atoms with Gasteiger partial charge in [0.2, 0.25) is 0 Å². The molecule has 0 fully saturated rings. The van der Waals surface area contributed by atoms with Gasteiger partial charge in [0, 0.05) is 17.3 Å². The number of amides is 1. The molecule has 0 aliphatic rings.